The molecular weight excluding hydrogens is 336 g/mol. The molecule has 1 aliphatic rings. The van der Waals surface area contributed by atoms with Gasteiger partial charge in [0.25, 0.3) is 0 Å². The topological polar surface area (TPSA) is 6.48 Å². The molecule has 0 aromatic heterocycles. The summed E-state index contributed by atoms with van der Waals surface area (Å²) in [7, 11) is 0. The molecule has 0 N–H and O–H groups in total. The molecule has 0 saturated carbocycles. The van der Waals surface area contributed by atoms with Crippen LogP contribution in [0.4, 0.5) is 11.4 Å². The summed E-state index contributed by atoms with van der Waals surface area (Å²) in [5.74, 6) is 6.64. The fraction of sp³-hybridized carbons (Fsp3) is 0.300. The second kappa shape index (κ2) is 7.98. The fourth-order valence-electron chi connectivity index (χ4n) is 2.72. The lowest BCUT2D eigenvalue weighted by Gasteiger charge is -2.31. The van der Waals surface area contributed by atoms with Crippen LogP contribution in [0.1, 0.15) is 13.8 Å². The van der Waals surface area contributed by atoms with Gasteiger partial charge in [-0.05, 0) is 43.4 Å². The van der Waals surface area contributed by atoms with Crippen LogP contribution in [0.2, 0.25) is 5.02 Å². The van der Waals surface area contributed by atoms with E-state index < -0.39 is 0 Å². The van der Waals surface area contributed by atoms with Crippen LogP contribution in [0.15, 0.2) is 52.3 Å². The molecule has 0 aliphatic carbocycles. The quantitative estimate of drug-likeness (QED) is 0.687. The SMILES string of the molecule is CCN(CC)CC#CCN1c2ccccc2Sc2ccc(Cl)cc21. The molecule has 124 valence electrons. The van der Waals surface area contributed by atoms with E-state index in [1.54, 1.807) is 11.8 Å². The predicted octanol–water partition coefficient (Wildman–Crippen LogP) is 5.29. The van der Waals surface area contributed by atoms with Crippen LogP contribution in [0.5, 0.6) is 0 Å². The van der Waals surface area contributed by atoms with Gasteiger partial charge in [-0.1, -0.05) is 61.2 Å². The van der Waals surface area contributed by atoms with Gasteiger partial charge in [-0.2, -0.15) is 0 Å². The molecule has 2 aromatic carbocycles. The molecule has 0 fully saturated rings. The van der Waals surface area contributed by atoms with Crippen molar-refractivity contribution >= 4 is 34.7 Å². The first-order valence-corrected chi connectivity index (χ1v) is 9.44. The van der Waals surface area contributed by atoms with Gasteiger partial charge >= 0.3 is 0 Å². The van der Waals surface area contributed by atoms with Gasteiger partial charge in [-0.15, -0.1) is 0 Å². The summed E-state index contributed by atoms with van der Waals surface area (Å²) < 4.78 is 0. The first kappa shape index (κ1) is 17.2. The maximum Gasteiger partial charge on any atom is 0.0844 e. The van der Waals surface area contributed by atoms with Crippen LogP contribution in [-0.2, 0) is 0 Å². The van der Waals surface area contributed by atoms with Crippen molar-refractivity contribution in [2.45, 2.75) is 23.6 Å². The molecule has 0 unspecified atom stereocenters. The van der Waals surface area contributed by atoms with Crippen molar-refractivity contribution in [2.24, 2.45) is 0 Å². The molecular formula is C20H21ClN2S. The number of nitrogens with zero attached hydrogens (tertiary/aromatic N) is 2. The maximum atomic E-state index is 6.23. The first-order valence-electron chi connectivity index (χ1n) is 8.25. The van der Waals surface area contributed by atoms with Crippen molar-refractivity contribution in [1.29, 1.82) is 0 Å². The summed E-state index contributed by atoms with van der Waals surface area (Å²) in [5, 5.41) is 0.759. The highest BCUT2D eigenvalue weighted by Gasteiger charge is 2.22. The highest BCUT2D eigenvalue weighted by molar-refractivity contribution is 7.99. The van der Waals surface area contributed by atoms with E-state index in [-0.39, 0.29) is 0 Å². The van der Waals surface area contributed by atoms with Crippen molar-refractivity contribution in [1.82, 2.24) is 4.90 Å². The minimum Gasteiger partial charge on any atom is -0.328 e. The molecule has 0 atom stereocenters. The van der Waals surface area contributed by atoms with Crippen molar-refractivity contribution in [3.8, 4) is 11.8 Å². The molecule has 2 aromatic rings. The average molecular weight is 357 g/mol. The molecule has 1 heterocycles. The number of hydrogen-bond donors (Lipinski definition) is 0. The van der Waals surface area contributed by atoms with E-state index in [1.165, 1.54) is 15.5 Å². The average Bonchev–Trinajstić information content (AvgIpc) is 2.61. The van der Waals surface area contributed by atoms with Crippen LogP contribution < -0.4 is 4.90 Å². The number of anilines is 2. The van der Waals surface area contributed by atoms with Crippen LogP contribution in [-0.4, -0.2) is 31.1 Å². The molecule has 4 heteroatoms. The Morgan fingerprint density at radius 2 is 1.75 bits per heavy atom. The molecule has 0 bridgehead atoms. The third kappa shape index (κ3) is 3.72. The Kier molecular flexibility index (Phi) is 5.73. The highest BCUT2D eigenvalue weighted by atomic mass is 35.5. The Bertz CT molecular complexity index is 775. The van der Waals surface area contributed by atoms with Crippen LogP contribution >= 0.6 is 23.4 Å². The minimum atomic E-state index is 0.673. The van der Waals surface area contributed by atoms with Crippen molar-refractivity contribution in [3.63, 3.8) is 0 Å². The highest BCUT2D eigenvalue weighted by Crippen LogP contribution is 2.48. The van der Waals surface area contributed by atoms with E-state index in [0.29, 0.717) is 6.54 Å². The summed E-state index contributed by atoms with van der Waals surface area (Å²) in [6.07, 6.45) is 0. The van der Waals surface area contributed by atoms with Gasteiger partial charge in [0.15, 0.2) is 0 Å². The van der Waals surface area contributed by atoms with Gasteiger partial charge in [0.1, 0.15) is 0 Å². The van der Waals surface area contributed by atoms with E-state index >= 15 is 0 Å². The Balaban J connectivity index is 1.87. The van der Waals surface area contributed by atoms with Gasteiger partial charge in [0.05, 0.1) is 24.5 Å². The van der Waals surface area contributed by atoms with Gasteiger partial charge in [0, 0.05) is 14.8 Å². The third-order valence-electron chi connectivity index (χ3n) is 4.15. The van der Waals surface area contributed by atoms with Gasteiger partial charge in [-0.3, -0.25) is 4.90 Å². The smallest absolute Gasteiger partial charge is 0.0844 e. The Labute approximate surface area is 153 Å². The molecule has 0 radical (unpaired) electrons. The van der Waals surface area contributed by atoms with Crippen molar-refractivity contribution < 1.29 is 0 Å². The number of rotatable bonds is 4. The lowest BCUT2D eigenvalue weighted by atomic mass is 10.2. The van der Waals surface area contributed by atoms with E-state index in [9.17, 15) is 0 Å². The zero-order valence-corrected chi connectivity index (χ0v) is 15.6. The van der Waals surface area contributed by atoms with E-state index in [0.717, 1.165) is 30.3 Å². The number of fused-ring (bicyclic) bond motifs is 2. The lowest BCUT2D eigenvalue weighted by molar-refractivity contribution is 0.342. The monoisotopic (exact) mass is 356 g/mol. The summed E-state index contributed by atoms with van der Waals surface area (Å²) in [5.41, 5.74) is 2.35. The molecule has 2 nitrogen and oxygen atoms in total. The normalized spacial score (nSPS) is 12.4. The summed E-state index contributed by atoms with van der Waals surface area (Å²) in [6, 6.07) is 14.5. The minimum absolute atomic E-state index is 0.673. The lowest BCUT2D eigenvalue weighted by Crippen LogP contribution is -2.24. The molecule has 1 aliphatic heterocycles. The van der Waals surface area contributed by atoms with E-state index in [2.05, 4.69) is 65.8 Å². The summed E-state index contributed by atoms with van der Waals surface area (Å²) in [4.78, 5) is 7.07. The van der Waals surface area contributed by atoms with Crippen LogP contribution in [0.3, 0.4) is 0 Å². The van der Waals surface area contributed by atoms with Crippen molar-refractivity contribution in [3.05, 3.63) is 47.5 Å². The second-order valence-electron chi connectivity index (χ2n) is 5.58. The Hall–Kier alpha value is -1.60. The number of benzene rings is 2. The standard InChI is InChI=1S/C20H21ClN2S/c1-3-22(4-2)13-7-8-14-23-17-9-5-6-10-19(17)24-20-12-11-16(21)15-18(20)23/h5-6,9-12,15H,3-4,13-14H2,1-2H3. The molecule has 0 amide bonds. The zero-order chi connectivity index (χ0) is 16.9. The predicted molar refractivity (Wildman–Crippen MR) is 105 cm³/mol. The molecule has 3 rings (SSSR count). The van der Waals surface area contributed by atoms with E-state index in [4.69, 9.17) is 11.6 Å². The maximum absolute atomic E-state index is 6.23. The molecule has 0 spiro atoms. The fourth-order valence-corrected chi connectivity index (χ4v) is 3.97. The number of halogens is 1. The van der Waals surface area contributed by atoms with E-state index in [1.807, 2.05) is 12.1 Å². The number of hydrogen-bond acceptors (Lipinski definition) is 3. The van der Waals surface area contributed by atoms with Crippen LogP contribution in [0.25, 0.3) is 0 Å². The van der Waals surface area contributed by atoms with Gasteiger partial charge < -0.3 is 4.90 Å². The molecule has 24 heavy (non-hydrogen) atoms. The van der Waals surface area contributed by atoms with Crippen LogP contribution in [0, 0.1) is 11.8 Å². The largest absolute Gasteiger partial charge is 0.328 e. The second-order valence-corrected chi connectivity index (χ2v) is 7.10. The van der Waals surface area contributed by atoms with Crippen molar-refractivity contribution in [2.75, 3.05) is 31.1 Å². The first-order chi connectivity index (χ1) is 11.7. The third-order valence-corrected chi connectivity index (χ3v) is 5.51. The van der Waals surface area contributed by atoms with Gasteiger partial charge in [0.2, 0.25) is 0 Å². The number of para-hydroxylation sites is 1. The Morgan fingerprint density at radius 3 is 2.54 bits per heavy atom. The summed E-state index contributed by atoms with van der Waals surface area (Å²) >= 11 is 8.02. The Morgan fingerprint density at radius 1 is 1.00 bits per heavy atom. The zero-order valence-electron chi connectivity index (χ0n) is 14.1. The molecule has 0 saturated heterocycles. The van der Waals surface area contributed by atoms with Gasteiger partial charge in [-0.25, -0.2) is 0 Å². The summed E-state index contributed by atoms with van der Waals surface area (Å²) in [6.45, 7) is 7.90.